The Labute approximate surface area is 183 Å². The van der Waals surface area contributed by atoms with Gasteiger partial charge < -0.3 is 15.7 Å². The first-order chi connectivity index (χ1) is 15.1. The number of alkyl halides is 3. The van der Waals surface area contributed by atoms with Crippen molar-refractivity contribution in [1.82, 2.24) is 9.78 Å². The van der Waals surface area contributed by atoms with Crippen molar-refractivity contribution in [2.45, 2.75) is 44.6 Å². The van der Waals surface area contributed by atoms with Crippen molar-refractivity contribution in [3.63, 3.8) is 0 Å². The largest absolute Gasteiger partial charge is 0.410 e. The summed E-state index contributed by atoms with van der Waals surface area (Å²) in [5, 5.41) is 19.3. The molecular weight excluding hydrogens is 421 g/mol. The summed E-state index contributed by atoms with van der Waals surface area (Å²) in [5.41, 5.74) is 2.87. The minimum Gasteiger partial charge on any atom is -0.389 e. The van der Waals surface area contributed by atoms with Gasteiger partial charge in [0.25, 0.3) is 5.91 Å². The summed E-state index contributed by atoms with van der Waals surface area (Å²) < 4.78 is 42.3. The van der Waals surface area contributed by atoms with E-state index in [-0.39, 0.29) is 17.8 Å². The molecule has 1 amide bonds. The molecule has 32 heavy (non-hydrogen) atoms. The number of benzene rings is 2. The minimum absolute atomic E-state index is 0.0238. The second kappa shape index (κ2) is 8.31. The van der Waals surface area contributed by atoms with Crippen LogP contribution in [0.2, 0.25) is 0 Å². The fraction of sp³-hybridized carbons (Fsp3) is 0.304. The van der Waals surface area contributed by atoms with E-state index in [1.165, 1.54) is 0 Å². The summed E-state index contributed by atoms with van der Waals surface area (Å²) in [4.78, 5) is 12.9. The standard InChI is InChI=1S/C23H23F3N4O2/c1-13-3-5-16(6-4-13)19-11-20(23(24,25)26)30-21(29-19)18(12-27-30)22(32)28-17-9-7-15(8-10-17)14(2)31/h3-10,12,14,19-20,29,31H,11H2,1-2H3,(H,28,32)/t14?,19-,20+/m1/s1. The molecule has 1 aliphatic rings. The van der Waals surface area contributed by atoms with Gasteiger partial charge in [-0.3, -0.25) is 4.79 Å². The molecule has 3 aromatic rings. The molecule has 2 aromatic carbocycles. The molecule has 2 heterocycles. The van der Waals surface area contributed by atoms with E-state index in [1.807, 2.05) is 19.1 Å². The van der Waals surface area contributed by atoms with Gasteiger partial charge in [0.1, 0.15) is 11.4 Å². The third-order valence-electron chi connectivity index (χ3n) is 5.61. The normalized spacial score (nSPS) is 19.1. The number of carbonyl (C=O) groups is 1. The summed E-state index contributed by atoms with van der Waals surface area (Å²) in [5.74, 6) is -0.545. The third-order valence-corrected chi connectivity index (χ3v) is 5.61. The molecule has 0 aliphatic carbocycles. The van der Waals surface area contributed by atoms with E-state index in [2.05, 4.69) is 15.7 Å². The lowest BCUT2D eigenvalue weighted by molar-refractivity contribution is -0.173. The highest BCUT2D eigenvalue weighted by atomic mass is 19.4. The van der Waals surface area contributed by atoms with Gasteiger partial charge in [-0.05, 0) is 37.1 Å². The molecule has 0 saturated heterocycles. The average Bonchev–Trinajstić information content (AvgIpc) is 3.17. The smallest absolute Gasteiger partial charge is 0.389 e. The molecule has 9 heteroatoms. The molecule has 4 rings (SSSR count). The highest BCUT2D eigenvalue weighted by Crippen LogP contribution is 2.44. The summed E-state index contributed by atoms with van der Waals surface area (Å²) >= 11 is 0. The van der Waals surface area contributed by atoms with E-state index >= 15 is 0 Å². The first-order valence-electron chi connectivity index (χ1n) is 10.2. The monoisotopic (exact) mass is 444 g/mol. The number of aliphatic hydroxyl groups is 1. The van der Waals surface area contributed by atoms with Crippen LogP contribution in [0, 0.1) is 6.92 Å². The Kier molecular flexibility index (Phi) is 5.68. The predicted molar refractivity (Wildman–Crippen MR) is 115 cm³/mol. The molecule has 3 atom stereocenters. The quantitative estimate of drug-likeness (QED) is 0.520. The Bertz CT molecular complexity index is 1110. The van der Waals surface area contributed by atoms with Gasteiger partial charge in [0.15, 0.2) is 6.04 Å². The number of nitrogens with one attached hydrogen (secondary N) is 2. The van der Waals surface area contributed by atoms with Crippen molar-refractivity contribution in [3.8, 4) is 0 Å². The Morgan fingerprint density at radius 2 is 1.84 bits per heavy atom. The summed E-state index contributed by atoms with van der Waals surface area (Å²) in [7, 11) is 0. The number of hydrogen-bond donors (Lipinski definition) is 3. The Morgan fingerprint density at radius 3 is 2.44 bits per heavy atom. The number of rotatable bonds is 4. The maximum Gasteiger partial charge on any atom is 0.410 e. The predicted octanol–water partition coefficient (Wildman–Crippen LogP) is 5.16. The number of nitrogens with zero attached hydrogens (tertiary/aromatic N) is 2. The number of anilines is 2. The summed E-state index contributed by atoms with van der Waals surface area (Å²) in [6.45, 7) is 3.53. The highest BCUT2D eigenvalue weighted by Gasteiger charge is 2.47. The molecule has 0 spiro atoms. The zero-order valence-corrected chi connectivity index (χ0v) is 17.5. The maximum atomic E-state index is 13.8. The maximum absolute atomic E-state index is 13.8. The number of aryl methyl sites for hydroxylation is 1. The van der Waals surface area contributed by atoms with Gasteiger partial charge in [-0.15, -0.1) is 0 Å². The van der Waals surface area contributed by atoms with Gasteiger partial charge in [-0.25, -0.2) is 4.68 Å². The Hall–Kier alpha value is -3.33. The average molecular weight is 444 g/mol. The number of halogens is 3. The van der Waals surface area contributed by atoms with Crippen LogP contribution in [0.1, 0.15) is 58.6 Å². The second-order valence-electron chi connectivity index (χ2n) is 8.00. The second-order valence-corrected chi connectivity index (χ2v) is 8.00. The molecule has 0 radical (unpaired) electrons. The van der Waals surface area contributed by atoms with E-state index in [1.54, 1.807) is 43.3 Å². The highest BCUT2D eigenvalue weighted by molar-refractivity contribution is 6.07. The first kappa shape index (κ1) is 21.9. The van der Waals surface area contributed by atoms with Crippen LogP contribution in [0.5, 0.6) is 0 Å². The van der Waals surface area contributed by atoms with Crippen molar-refractivity contribution in [2.24, 2.45) is 0 Å². The number of aromatic nitrogens is 2. The lowest BCUT2D eigenvalue weighted by Crippen LogP contribution is -2.36. The van der Waals surface area contributed by atoms with Crippen LogP contribution in [0.15, 0.2) is 54.7 Å². The molecule has 0 bridgehead atoms. The summed E-state index contributed by atoms with van der Waals surface area (Å²) in [6.07, 6.45) is -4.25. The van der Waals surface area contributed by atoms with Crippen LogP contribution < -0.4 is 10.6 Å². The molecule has 0 saturated carbocycles. The van der Waals surface area contributed by atoms with Gasteiger partial charge in [-0.1, -0.05) is 42.0 Å². The fourth-order valence-corrected chi connectivity index (χ4v) is 3.79. The lowest BCUT2D eigenvalue weighted by Gasteiger charge is -2.34. The third kappa shape index (κ3) is 4.34. The van der Waals surface area contributed by atoms with E-state index < -0.39 is 30.3 Å². The minimum atomic E-state index is -4.52. The van der Waals surface area contributed by atoms with E-state index in [0.717, 1.165) is 16.4 Å². The number of hydrogen-bond acceptors (Lipinski definition) is 4. The molecule has 1 aromatic heterocycles. The molecule has 3 N–H and O–H groups in total. The molecule has 0 fully saturated rings. The van der Waals surface area contributed by atoms with E-state index in [0.29, 0.717) is 16.8 Å². The van der Waals surface area contributed by atoms with Crippen LogP contribution in [-0.2, 0) is 0 Å². The van der Waals surface area contributed by atoms with Crippen molar-refractivity contribution in [3.05, 3.63) is 77.0 Å². The molecule has 1 aliphatic heterocycles. The number of amides is 1. The van der Waals surface area contributed by atoms with Crippen LogP contribution in [0.25, 0.3) is 0 Å². The van der Waals surface area contributed by atoms with E-state index in [9.17, 15) is 23.1 Å². The van der Waals surface area contributed by atoms with Gasteiger partial charge in [-0.2, -0.15) is 18.3 Å². The fourth-order valence-electron chi connectivity index (χ4n) is 3.79. The Morgan fingerprint density at radius 1 is 1.19 bits per heavy atom. The van der Waals surface area contributed by atoms with Gasteiger partial charge in [0.05, 0.1) is 18.3 Å². The lowest BCUT2D eigenvalue weighted by atomic mass is 9.96. The molecule has 6 nitrogen and oxygen atoms in total. The molecular formula is C23H23F3N4O2. The number of aliphatic hydroxyl groups excluding tert-OH is 1. The van der Waals surface area contributed by atoms with Crippen molar-refractivity contribution >= 4 is 17.4 Å². The van der Waals surface area contributed by atoms with Crippen LogP contribution in [0.3, 0.4) is 0 Å². The SMILES string of the molecule is Cc1ccc([C@H]2C[C@@H](C(F)(F)F)n3ncc(C(=O)Nc4ccc(C(C)O)cc4)c3N2)cc1. The van der Waals surface area contributed by atoms with Gasteiger partial charge in [0, 0.05) is 12.1 Å². The van der Waals surface area contributed by atoms with Crippen LogP contribution >= 0.6 is 0 Å². The Balaban J connectivity index is 1.64. The number of fused-ring (bicyclic) bond motifs is 1. The topological polar surface area (TPSA) is 79.2 Å². The molecule has 1 unspecified atom stereocenters. The van der Waals surface area contributed by atoms with Crippen LogP contribution in [0.4, 0.5) is 24.7 Å². The number of carbonyl (C=O) groups excluding carboxylic acids is 1. The van der Waals surface area contributed by atoms with Crippen molar-refractivity contribution < 1.29 is 23.1 Å². The van der Waals surface area contributed by atoms with Crippen molar-refractivity contribution in [2.75, 3.05) is 10.6 Å². The van der Waals surface area contributed by atoms with Gasteiger partial charge in [0.2, 0.25) is 0 Å². The zero-order valence-electron chi connectivity index (χ0n) is 17.5. The zero-order chi connectivity index (χ0) is 23.0. The van der Waals surface area contributed by atoms with Gasteiger partial charge >= 0.3 is 6.18 Å². The first-order valence-corrected chi connectivity index (χ1v) is 10.2. The summed E-state index contributed by atoms with van der Waals surface area (Å²) in [6, 6.07) is 11.4. The molecule has 168 valence electrons. The van der Waals surface area contributed by atoms with Crippen LogP contribution in [-0.4, -0.2) is 27.0 Å². The van der Waals surface area contributed by atoms with E-state index in [4.69, 9.17) is 0 Å². The van der Waals surface area contributed by atoms with Crippen molar-refractivity contribution in [1.29, 1.82) is 0 Å².